The summed E-state index contributed by atoms with van der Waals surface area (Å²) in [6.07, 6.45) is 1.23. The molecule has 0 atom stereocenters. The van der Waals surface area contributed by atoms with Crippen molar-refractivity contribution in [3.63, 3.8) is 0 Å². The van der Waals surface area contributed by atoms with Gasteiger partial charge in [0.2, 0.25) is 0 Å². The number of hydrogen-bond acceptors (Lipinski definition) is 4. The second-order valence-corrected chi connectivity index (χ2v) is 2.59. The van der Waals surface area contributed by atoms with Gasteiger partial charge in [-0.2, -0.15) is 17.7 Å². The normalized spacial score (nSPS) is 9.38. The number of aromatic nitrogens is 2. The molecule has 0 aliphatic heterocycles. The number of nitrogens with zero attached hydrogens (tertiary/aromatic N) is 1. The Balaban J connectivity index is 3.05. The highest BCUT2D eigenvalue weighted by Crippen LogP contribution is 2.23. The SMILES string of the molecule is CCOc1c(C=C=O)n[nH]c1CS. The number of carbonyl (C=O) groups excluding carboxylic acids is 1. The maximum Gasteiger partial charge on any atom is 0.169 e. The van der Waals surface area contributed by atoms with E-state index in [2.05, 4.69) is 22.8 Å². The standard InChI is InChI=1S/C8H10N2O2S/c1-2-12-8-6(3-4-11)9-10-7(8)5-13/h3,13H,2,5H2,1H3,(H,9,10). The molecule has 0 fully saturated rings. The molecule has 0 saturated heterocycles. The molecule has 0 radical (unpaired) electrons. The average molecular weight is 198 g/mol. The molecule has 0 saturated carbocycles. The molecule has 0 aliphatic rings. The Labute approximate surface area is 81.4 Å². The van der Waals surface area contributed by atoms with Crippen LogP contribution in [0.25, 0.3) is 6.08 Å². The second-order valence-electron chi connectivity index (χ2n) is 2.27. The Morgan fingerprint density at radius 1 is 1.77 bits per heavy atom. The van der Waals surface area contributed by atoms with E-state index in [1.807, 2.05) is 6.92 Å². The number of H-pyrrole nitrogens is 1. The number of rotatable bonds is 4. The van der Waals surface area contributed by atoms with Crippen LogP contribution in [0.2, 0.25) is 0 Å². The molecule has 4 nitrogen and oxygen atoms in total. The number of aromatic amines is 1. The van der Waals surface area contributed by atoms with Crippen LogP contribution < -0.4 is 4.74 Å². The zero-order valence-electron chi connectivity index (χ0n) is 7.20. The molecule has 1 heterocycles. The number of nitrogens with one attached hydrogen (secondary N) is 1. The molecular formula is C8H10N2O2S. The summed E-state index contributed by atoms with van der Waals surface area (Å²) in [5, 5.41) is 6.61. The minimum absolute atomic E-state index is 0.473. The van der Waals surface area contributed by atoms with Crippen molar-refractivity contribution in [2.24, 2.45) is 0 Å². The molecule has 0 unspecified atom stereocenters. The molecule has 1 aromatic rings. The lowest BCUT2D eigenvalue weighted by Crippen LogP contribution is -1.94. The molecule has 70 valence electrons. The predicted molar refractivity (Wildman–Crippen MR) is 52.6 cm³/mol. The molecule has 1 N–H and O–H groups in total. The Kier molecular flexibility index (Phi) is 3.61. The second kappa shape index (κ2) is 4.74. The van der Waals surface area contributed by atoms with Gasteiger partial charge in [0, 0.05) is 5.75 Å². The van der Waals surface area contributed by atoms with E-state index in [-0.39, 0.29) is 0 Å². The molecule has 0 spiro atoms. The van der Waals surface area contributed by atoms with E-state index in [4.69, 9.17) is 4.74 Å². The molecule has 0 bridgehead atoms. The zero-order chi connectivity index (χ0) is 9.68. The summed E-state index contributed by atoms with van der Waals surface area (Å²) in [5.74, 6) is 2.74. The van der Waals surface area contributed by atoms with E-state index in [1.165, 1.54) is 6.08 Å². The molecule has 5 heteroatoms. The van der Waals surface area contributed by atoms with Crippen molar-refractivity contribution in [1.29, 1.82) is 0 Å². The van der Waals surface area contributed by atoms with Gasteiger partial charge in [0.1, 0.15) is 11.6 Å². The summed E-state index contributed by atoms with van der Waals surface area (Å²) in [6.45, 7) is 2.39. The topological polar surface area (TPSA) is 55.0 Å². The molecule has 13 heavy (non-hydrogen) atoms. The third kappa shape index (κ3) is 2.14. The van der Waals surface area contributed by atoms with Crippen LogP contribution in [0.5, 0.6) is 5.75 Å². The highest BCUT2D eigenvalue weighted by Gasteiger charge is 2.10. The van der Waals surface area contributed by atoms with Crippen molar-refractivity contribution in [3.8, 4) is 5.75 Å². The summed E-state index contributed by atoms with van der Waals surface area (Å²) in [5.41, 5.74) is 1.24. The third-order valence-electron chi connectivity index (χ3n) is 1.46. The average Bonchev–Trinajstić information content (AvgIpc) is 2.50. The number of thiol groups is 1. The first-order valence-corrected chi connectivity index (χ1v) is 4.48. The van der Waals surface area contributed by atoms with E-state index < -0.39 is 0 Å². The maximum atomic E-state index is 10.1. The molecule has 1 rings (SSSR count). The molecule has 0 aliphatic carbocycles. The summed E-state index contributed by atoms with van der Waals surface area (Å²) < 4.78 is 5.30. The van der Waals surface area contributed by atoms with Crippen LogP contribution in [0.1, 0.15) is 18.3 Å². The van der Waals surface area contributed by atoms with Crippen molar-refractivity contribution < 1.29 is 9.53 Å². The van der Waals surface area contributed by atoms with E-state index in [9.17, 15) is 4.79 Å². The first-order valence-electron chi connectivity index (χ1n) is 3.85. The van der Waals surface area contributed by atoms with Gasteiger partial charge >= 0.3 is 0 Å². The van der Waals surface area contributed by atoms with E-state index in [0.717, 1.165) is 5.69 Å². The van der Waals surface area contributed by atoms with E-state index in [1.54, 1.807) is 5.94 Å². The first kappa shape index (κ1) is 9.89. The van der Waals surface area contributed by atoms with Gasteiger partial charge in [-0.3, -0.25) is 5.10 Å². The lowest BCUT2D eigenvalue weighted by atomic mass is 10.3. The van der Waals surface area contributed by atoms with Crippen molar-refractivity contribution in [3.05, 3.63) is 11.4 Å². The lowest BCUT2D eigenvalue weighted by molar-refractivity contribution is 0.337. The number of ether oxygens (including phenoxy) is 1. The highest BCUT2D eigenvalue weighted by molar-refractivity contribution is 7.79. The van der Waals surface area contributed by atoms with Crippen LogP contribution in [0, 0.1) is 0 Å². The van der Waals surface area contributed by atoms with Gasteiger partial charge in [0.25, 0.3) is 0 Å². The molecular weight excluding hydrogens is 188 g/mol. The van der Waals surface area contributed by atoms with E-state index in [0.29, 0.717) is 23.8 Å². The van der Waals surface area contributed by atoms with Gasteiger partial charge in [-0.25, -0.2) is 4.79 Å². The van der Waals surface area contributed by atoms with Gasteiger partial charge < -0.3 is 4.74 Å². The largest absolute Gasteiger partial charge is 0.490 e. The number of hydrogen-bond donors (Lipinski definition) is 2. The molecule has 0 amide bonds. The third-order valence-corrected chi connectivity index (χ3v) is 1.78. The Morgan fingerprint density at radius 3 is 3.08 bits per heavy atom. The lowest BCUT2D eigenvalue weighted by Gasteiger charge is -2.01. The molecule has 0 aromatic carbocycles. The fourth-order valence-corrected chi connectivity index (χ4v) is 1.16. The van der Waals surface area contributed by atoms with Crippen LogP contribution >= 0.6 is 12.6 Å². The Bertz CT molecular complexity index is 329. The van der Waals surface area contributed by atoms with Gasteiger partial charge in [0.05, 0.1) is 18.4 Å². The van der Waals surface area contributed by atoms with Crippen molar-refractivity contribution in [2.75, 3.05) is 6.61 Å². The summed E-state index contributed by atoms with van der Waals surface area (Å²) >= 11 is 4.09. The smallest absolute Gasteiger partial charge is 0.169 e. The fraction of sp³-hybridized carbons (Fsp3) is 0.375. The van der Waals surface area contributed by atoms with Gasteiger partial charge in [-0.05, 0) is 6.92 Å². The predicted octanol–water partition coefficient (Wildman–Crippen LogP) is 1.08. The van der Waals surface area contributed by atoms with Crippen molar-refractivity contribution in [1.82, 2.24) is 10.2 Å². The van der Waals surface area contributed by atoms with Crippen LogP contribution in [0.15, 0.2) is 0 Å². The Hall–Kier alpha value is -1.19. The van der Waals surface area contributed by atoms with Gasteiger partial charge in [0.15, 0.2) is 5.75 Å². The van der Waals surface area contributed by atoms with Crippen molar-refractivity contribution >= 4 is 24.6 Å². The summed E-state index contributed by atoms with van der Waals surface area (Å²) in [4.78, 5) is 10.1. The quantitative estimate of drug-likeness (QED) is 0.562. The zero-order valence-corrected chi connectivity index (χ0v) is 8.10. The highest BCUT2D eigenvalue weighted by atomic mass is 32.1. The Morgan fingerprint density at radius 2 is 2.54 bits per heavy atom. The first-order chi connectivity index (χ1) is 6.33. The summed E-state index contributed by atoms with van der Waals surface area (Å²) in [6, 6.07) is 0. The van der Waals surface area contributed by atoms with Crippen LogP contribution in [-0.4, -0.2) is 22.7 Å². The minimum atomic E-state index is 0.473. The van der Waals surface area contributed by atoms with Crippen molar-refractivity contribution in [2.45, 2.75) is 12.7 Å². The fourth-order valence-electron chi connectivity index (χ4n) is 0.950. The van der Waals surface area contributed by atoms with Crippen LogP contribution in [0.4, 0.5) is 0 Å². The van der Waals surface area contributed by atoms with Gasteiger partial charge in [-0.1, -0.05) is 0 Å². The maximum absolute atomic E-state index is 10.1. The van der Waals surface area contributed by atoms with E-state index >= 15 is 0 Å². The van der Waals surface area contributed by atoms with Crippen LogP contribution in [-0.2, 0) is 10.5 Å². The molecule has 1 aromatic heterocycles. The monoisotopic (exact) mass is 198 g/mol. The van der Waals surface area contributed by atoms with Gasteiger partial charge in [-0.15, -0.1) is 0 Å². The van der Waals surface area contributed by atoms with Crippen LogP contribution in [0.3, 0.4) is 0 Å². The summed E-state index contributed by atoms with van der Waals surface area (Å²) in [7, 11) is 0. The minimum Gasteiger partial charge on any atom is -0.490 e.